The fraction of sp³-hybridized carbons (Fsp3) is 0.312. The normalized spacial score (nSPS) is 14.7. The molecule has 0 bridgehead atoms. The molecular weight excluding hydrogens is 280 g/mol. The van der Waals surface area contributed by atoms with Gasteiger partial charge in [-0.1, -0.05) is 23.9 Å². The molecule has 3 aromatic rings. The third kappa shape index (κ3) is 2.53. The van der Waals surface area contributed by atoms with Gasteiger partial charge in [0, 0.05) is 24.2 Å². The van der Waals surface area contributed by atoms with Crippen LogP contribution in [0.1, 0.15) is 30.3 Å². The summed E-state index contributed by atoms with van der Waals surface area (Å²) in [5, 5.41) is 1.09. The second kappa shape index (κ2) is 5.15. The van der Waals surface area contributed by atoms with Crippen LogP contribution in [0.4, 0.5) is 0 Å². The van der Waals surface area contributed by atoms with Gasteiger partial charge in [-0.05, 0) is 31.9 Å². The lowest BCUT2D eigenvalue weighted by Gasteiger charge is -2.08. The highest BCUT2D eigenvalue weighted by Gasteiger charge is 2.25. The number of hydrogen-bond donors (Lipinski definition) is 0. The predicted octanol–water partition coefficient (Wildman–Crippen LogP) is 3.76. The Kier molecular flexibility index (Phi) is 3.15. The SMILES string of the molecule is Cc1nc2ccccc2nc1CSc1nccn1C1CC1. The minimum atomic E-state index is 0.666. The molecule has 0 atom stereocenters. The van der Waals surface area contributed by atoms with Gasteiger partial charge in [-0.15, -0.1) is 0 Å². The maximum Gasteiger partial charge on any atom is 0.168 e. The van der Waals surface area contributed by atoms with Crippen molar-refractivity contribution in [2.24, 2.45) is 0 Å². The van der Waals surface area contributed by atoms with Crippen LogP contribution >= 0.6 is 11.8 Å². The van der Waals surface area contributed by atoms with Gasteiger partial charge in [-0.3, -0.25) is 0 Å². The van der Waals surface area contributed by atoms with Gasteiger partial charge in [0.15, 0.2) is 5.16 Å². The largest absolute Gasteiger partial charge is 0.323 e. The van der Waals surface area contributed by atoms with Gasteiger partial charge in [0.2, 0.25) is 0 Å². The van der Waals surface area contributed by atoms with E-state index >= 15 is 0 Å². The zero-order valence-corrected chi connectivity index (χ0v) is 12.7. The summed E-state index contributed by atoms with van der Waals surface area (Å²) in [5.41, 5.74) is 3.97. The molecule has 5 heteroatoms. The van der Waals surface area contributed by atoms with Crippen molar-refractivity contribution in [1.29, 1.82) is 0 Å². The molecule has 4 nitrogen and oxygen atoms in total. The molecule has 1 aromatic carbocycles. The Morgan fingerprint density at radius 1 is 1.19 bits per heavy atom. The number of aromatic nitrogens is 4. The maximum atomic E-state index is 4.74. The number of aryl methyl sites for hydroxylation is 1. The number of thioether (sulfide) groups is 1. The summed E-state index contributed by atoms with van der Waals surface area (Å²) >= 11 is 1.75. The van der Waals surface area contributed by atoms with Gasteiger partial charge < -0.3 is 4.57 Å². The van der Waals surface area contributed by atoms with E-state index in [2.05, 4.69) is 20.7 Å². The maximum absolute atomic E-state index is 4.74. The molecule has 1 aliphatic carbocycles. The average molecular weight is 296 g/mol. The van der Waals surface area contributed by atoms with Gasteiger partial charge in [-0.2, -0.15) is 0 Å². The van der Waals surface area contributed by atoms with E-state index in [0.29, 0.717) is 6.04 Å². The van der Waals surface area contributed by atoms with Gasteiger partial charge in [-0.25, -0.2) is 15.0 Å². The number of benzene rings is 1. The second-order valence-electron chi connectivity index (χ2n) is 5.38. The first-order valence-corrected chi connectivity index (χ1v) is 8.18. The van der Waals surface area contributed by atoms with Crippen LogP contribution in [-0.2, 0) is 5.75 Å². The van der Waals surface area contributed by atoms with Gasteiger partial charge >= 0.3 is 0 Å². The first-order valence-electron chi connectivity index (χ1n) is 7.19. The van der Waals surface area contributed by atoms with Crippen LogP contribution in [0.15, 0.2) is 41.8 Å². The third-order valence-corrected chi connectivity index (χ3v) is 4.75. The predicted molar refractivity (Wildman–Crippen MR) is 84.3 cm³/mol. The van der Waals surface area contributed by atoms with Gasteiger partial charge in [0.25, 0.3) is 0 Å². The topological polar surface area (TPSA) is 43.6 Å². The first kappa shape index (κ1) is 12.8. The highest BCUT2D eigenvalue weighted by atomic mass is 32.2. The Labute approximate surface area is 127 Å². The van der Waals surface area contributed by atoms with E-state index in [0.717, 1.165) is 33.3 Å². The zero-order valence-electron chi connectivity index (χ0n) is 11.9. The van der Waals surface area contributed by atoms with E-state index in [1.165, 1.54) is 12.8 Å². The molecule has 1 saturated carbocycles. The highest BCUT2D eigenvalue weighted by molar-refractivity contribution is 7.98. The molecule has 0 aliphatic heterocycles. The summed E-state index contributed by atoms with van der Waals surface area (Å²) in [6, 6.07) is 8.69. The summed E-state index contributed by atoms with van der Waals surface area (Å²) in [4.78, 5) is 13.8. The highest BCUT2D eigenvalue weighted by Crippen LogP contribution is 2.38. The Hall–Kier alpha value is -1.88. The van der Waals surface area contributed by atoms with Crippen LogP contribution in [0.5, 0.6) is 0 Å². The number of rotatable bonds is 4. The molecule has 0 spiro atoms. The van der Waals surface area contributed by atoms with E-state index in [9.17, 15) is 0 Å². The zero-order chi connectivity index (χ0) is 14.2. The third-order valence-electron chi connectivity index (χ3n) is 3.75. The lowest BCUT2D eigenvalue weighted by Crippen LogP contribution is -1.99. The van der Waals surface area contributed by atoms with Gasteiger partial charge in [0.1, 0.15) is 0 Å². The van der Waals surface area contributed by atoms with Crippen molar-refractivity contribution in [3.05, 3.63) is 48.0 Å². The molecule has 21 heavy (non-hydrogen) atoms. The lowest BCUT2D eigenvalue weighted by atomic mass is 10.2. The van der Waals surface area contributed by atoms with E-state index < -0.39 is 0 Å². The summed E-state index contributed by atoms with van der Waals surface area (Å²) in [5.74, 6) is 0.813. The van der Waals surface area contributed by atoms with Crippen LogP contribution in [0.25, 0.3) is 11.0 Å². The minimum Gasteiger partial charge on any atom is -0.323 e. The van der Waals surface area contributed by atoms with Crippen LogP contribution in [-0.4, -0.2) is 19.5 Å². The number of fused-ring (bicyclic) bond motifs is 1. The summed E-state index contributed by atoms with van der Waals surface area (Å²) in [6.45, 7) is 2.03. The summed E-state index contributed by atoms with van der Waals surface area (Å²) in [6.07, 6.45) is 6.52. The van der Waals surface area contributed by atoms with Crippen LogP contribution in [0.2, 0.25) is 0 Å². The van der Waals surface area contributed by atoms with E-state index in [-0.39, 0.29) is 0 Å². The number of imidazole rings is 1. The van der Waals surface area contributed by atoms with Crippen molar-refractivity contribution in [2.45, 2.75) is 36.7 Å². The van der Waals surface area contributed by atoms with Crippen molar-refractivity contribution in [3.63, 3.8) is 0 Å². The molecule has 0 unspecified atom stereocenters. The fourth-order valence-electron chi connectivity index (χ4n) is 2.44. The second-order valence-corrected chi connectivity index (χ2v) is 6.32. The standard InChI is InChI=1S/C16H16N4S/c1-11-15(19-14-5-3-2-4-13(14)18-11)10-21-16-17-8-9-20(16)12-6-7-12/h2-5,8-9,12H,6-7,10H2,1H3. The molecule has 2 aromatic heterocycles. The molecule has 0 N–H and O–H groups in total. The summed E-state index contributed by atoms with van der Waals surface area (Å²) in [7, 11) is 0. The Bertz CT molecular complexity index is 792. The lowest BCUT2D eigenvalue weighted by molar-refractivity contribution is 0.662. The Morgan fingerprint density at radius 3 is 2.71 bits per heavy atom. The van der Waals surface area contributed by atoms with Crippen molar-refractivity contribution in [2.75, 3.05) is 0 Å². The quantitative estimate of drug-likeness (QED) is 0.688. The van der Waals surface area contributed by atoms with Crippen LogP contribution < -0.4 is 0 Å². The van der Waals surface area contributed by atoms with Crippen molar-refractivity contribution < 1.29 is 0 Å². The molecule has 1 aliphatic rings. The monoisotopic (exact) mass is 296 g/mol. The number of hydrogen-bond acceptors (Lipinski definition) is 4. The van der Waals surface area contributed by atoms with Crippen LogP contribution in [0.3, 0.4) is 0 Å². The molecule has 1 fully saturated rings. The smallest absolute Gasteiger partial charge is 0.168 e. The number of para-hydroxylation sites is 2. The van der Waals surface area contributed by atoms with Crippen molar-refractivity contribution in [1.82, 2.24) is 19.5 Å². The number of nitrogens with zero attached hydrogens (tertiary/aromatic N) is 4. The Balaban J connectivity index is 1.59. The molecule has 2 heterocycles. The molecular formula is C16H16N4S. The molecule has 0 saturated heterocycles. The fourth-order valence-corrected chi connectivity index (χ4v) is 3.47. The molecule has 4 rings (SSSR count). The van der Waals surface area contributed by atoms with Crippen LogP contribution in [0, 0.1) is 6.92 Å². The van der Waals surface area contributed by atoms with Crippen molar-refractivity contribution in [3.8, 4) is 0 Å². The van der Waals surface area contributed by atoms with E-state index in [4.69, 9.17) is 4.98 Å². The average Bonchev–Trinajstić information content (AvgIpc) is 3.24. The molecule has 0 radical (unpaired) electrons. The first-order chi connectivity index (χ1) is 10.3. The van der Waals surface area contributed by atoms with E-state index in [1.54, 1.807) is 11.8 Å². The molecule has 0 amide bonds. The summed E-state index contributed by atoms with van der Waals surface area (Å²) < 4.78 is 2.29. The van der Waals surface area contributed by atoms with E-state index in [1.807, 2.05) is 37.4 Å². The van der Waals surface area contributed by atoms with Crippen molar-refractivity contribution >= 4 is 22.8 Å². The Morgan fingerprint density at radius 2 is 1.95 bits per heavy atom. The van der Waals surface area contributed by atoms with Gasteiger partial charge in [0.05, 0.1) is 22.4 Å². The molecule has 106 valence electrons. The minimum absolute atomic E-state index is 0.666.